The Balaban J connectivity index is 1.60. The van der Waals surface area contributed by atoms with Crippen molar-refractivity contribution in [2.24, 2.45) is 0 Å². The van der Waals surface area contributed by atoms with Crippen molar-refractivity contribution in [2.45, 2.75) is 62.6 Å². The quantitative estimate of drug-likeness (QED) is 0.260. The van der Waals surface area contributed by atoms with Gasteiger partial charge < -0.3 is 24.7 Å². The summed E-state index contributed by atoms with van der Waals surface area (Å²) in [6.07, 6.45) is -0.464. The van der Waals surface area contributed by atoms with E-state index in [0.717, 1.165) is 34.5 Å². The summed E-state index contributed by atoms with van der Waals surface area (Å²) in [5, 5.41) is 7.47. The Morgan fingerprint density at radius 2 is 1.86 bits per heavy atom. The number of methoxy groups -OCH3 is 1. The highest BCUT2D eigenvalue weighted by molar-refractivity contribution is 7.98. The number of nitrogens with one attached hydrogen (secondary N) is 2. The van der Waals surface area contributed by atoms with Crippen molar-refractivity contribution in [2.75, 3.05) is 30.5 Å². The van der Waals surface area contributed by atoms with Gasteiger partial charge in [0.05, 0.1) is 42.8 Å². The highest BCUT2D eigenvalue weighted by atomic mass is 32.2. The van der Waals surface area contributed by atoms with Crippen LogP contribution in [0.3, 0.4) is 0 Å². The molecule has 2 aromatic carbocycles. The van der Waals surface area contributed by atoms with Gasteiger partial charge in [0.2, 0.25) is 0 Å². The number of hydrogen-bond donors (Lipinski definition) is 2. The topological polar surface area (TPSA) is 47.4 Å². The molecule has 0 saturated carbocycles. The molecule has 3 aromatic rings. The normalized spacial score (nSPS) is 19.8. The maximum absolute atomic E-state index is 13.5. The Labute approximate surface area is 220 Å². The molecule has 0 amide bonds. The number of anilines is 2. The lowest BCUT2D eigenvalue weighted by molar-refractivity contribution is -0.140. The number of halogens is 3. The first kappa shape index (κ1) is 27.1. The third-order valence-corrected chi connectivity index (χ3v) is 7.06. The number of aromatic nitrogens is 1. The second-order valence-corrected chi connectivity index (χ2v) is 10.1. The summed E-state index contributed by atoms with van der Waals surface area (Å²) in [6, 6.07) is 13.1. The molecule has 1 fully saturated rings. The molecule has 3 atom stereocenters. The van der Waals surface area contributed by atoms with E-state index in [1.807, 2.05) is 44.4 Å². The Morgan fingerprint density at radius 1 is 1.11 bits per heavy atom. The molecule has 1 aliphatic heterocycles. The van der Waals surface area contributed by atoms with Crippen molar-refractivity contribution < 1.29 is 22.6 Å². The molecular weight excluding hydrogens is 499 g/mol. The standard InChI is InChI=1S/C28H32F3N3O2S/c1-18-13-20(14-19(2)36-18)33-24-8-5-9-26-23(24)15-21(34(26)17-28(29,30)31)7-6-12-32-25-11-10-22(37-4)16-27(25)35-3/h5,8-11,15-16,18-20,32-33H,12-14,17H2,1-4H3/t18-,19+,20?. The predicted molar refractivity (Wildman–Crippen MR) is 145 cm³/mol. The maximum atomic E-state index is 13.5. The summed E-state index contributed by atoms with van der Waals surface area (Å²) >= 11 is 1.61. The van der Waals surface area contributed by atoms with E-state index in [9.17, 15) is 13.2 Å². The molecular formula is C28H32F3N3O2S. The van der Waals surface area contributed by atoms with Crippen LogP contribution in [-0.4, -0.2) is 48.9 Å². The summed E-state index contributed by atoms with van der Waals surface area (Å²) < 4.78 is 53.1. The van der Waals surface area contributed by atoms with Gasteiger partial charge in [0.1, 0.15) is 12.3 Å². The average Bonchev–Trinajstić information content (AvgIpc) is 3.18. The zero-order valence-corrected chi connectivity index (χ0v) is 22.2. The number of fused-ring (bicyclic) bond motifs is 1. The van der Waals surface area contributed by atoms with E-state index in [1.54, 1.807) is 37.1 Å². The Hall–Kier alpha value is -2.96. The van der Waals surface area contributed by atoms with Crippen molar-refractivity contribution in [1.29, 1.82) is 0 Å². The number of ether oxygens (including phenoxy) is 2. The van der Waals surface area contributed by atoms with E-state index in [1.165, 1.54) is 4.57 Å². The molecule has 0 spiro atoms. The van der Waals surface area contributed by atoms with Crippen molar-refractivity contribution >= 4 is 34.0 Å². The largest absolute Gasteiger partial charge is 0.495 e. The van der Waals surface area contributed by atoms with Gasteiger partial charge in [-0.25, -0.2) is 0 Å². The van der Waals surface area contributed by atoms with Crippen LogP contribution in [0.25, 0.3) is 10.9 Å². The second-order valence-electron chi connectivity index (χ2n) is 9.26. The lowest BCUT2D eigenvalue weighted by Crippen LogP contribution is -2.36. The lowest BCUT2D eigenvalue weighted by Gasteiger charge is -2.33. The maximum Gasteiger partial charge on any atom is 0.406 e. The van der Waals surface area contributed by atoms with Gasteiger partial charge in [-0.3, -0.25) is 0 Å². The molecule has 1 aromatic heterocycles. The van der Waals surface area contributed by atoms with Gasteiger partial charge in [-0.1, -0.05) is 12.0 Å². The monoisotopic (exact) mass is 531 g/mol. The van der Waals surface area contributed by atoms with Gasteiger partial charge in [0.15, 0.2) is 0 Å². The highest BCUT2D eigenvalue weighted by Gasteiger charge is 2.30. The molecule has 37 heavy (non-hydrogen) atoms. The summed E-state index contributed by atoms with van der Waals surface area (Å²) in [6.45, 7) is 3.23. The third kappa shape index (κ3) is 6.88. The van der Waals surface area contributed by atoms with Gasteiger partial charge in [0.25, 0.3) is 0 Å². The van der Waals surface area contributed by atoms with E-state index in [2.05, 4.69) is 22.5 Å². The Kier molecular flexibility index (Phi) is 8.50. The van der Waals surface area contributed by atoms with Gasteiger partial charge >= 0.3 is 6.18 Å². The van der Waals surface area contributed by atoms with Crippen molar-refractivity contribution in [3.8, 4) is 17.6 Å². The van der Waals surface area contributed by atoms with Crippen LogP contribution >= 0.6 is 11.8 Å². The second kappa shape index (κ2) is 11.6. The summed E-state index contributed by atoms with van der Waals surface area (Å²) in [7, 11) is 1.60. The van der Waals surface area contributed by atoms with Crippen LogP contribution in [-0.2, 0) is 11.3 Å². The van der Waals surface area contributed by atoms with Crippen LogP contribution in [0.5, 0.6) is 5.75 Å². The van der Waals surface area contributed by atoms with Crippen molar-refractivity contribution in [3.63, 3.8) is 0 Å². The minimum absolute atomic E-state index is 0.125. The SMILES string of the molecule is COc1cc(SC)ccc1NCC#Cc1cc2c(NC3C[C@@H](C)O[C@@H](C)C3)cccc2n1CC(F)(F)F. The molecule has 9 heteroatoms. The fourth-order valence-corrected chi connectivity index (χ4v) is 5.25. The van der Waals surface area contributed by atoms with E-state index in [0.29, 0.717) is 17.0 Å². The molecule has 0 radical (unpaired) electrons. The Bertz CT molecular complexity index is 1290. The molecule has 0 bridgehead atoms. The summed E-state index contributed by atoms with van der Waals surface area (Å²) in [5.41, 5.74) is 2.41. The molecule has 2 heterocycles. The number of benzene rings is 2. The molecule has 0 aliphatic carbocycles. The number of alkyl halides is 3. The minimum atomic E-state index is -4.37. The number of thioether (sulfide) groups is 1. The van der Waals surface area contributed by atoms with E-state index >= 15 is 0 Å². The van der Waals surface area contributed by atoms with E-state index < -0.39 is 12.7 Å². The van der Waals surface area contributed by atoms with Crippen LogP contribution in [0.15, 0.2) is 47.4 Å². The molecule has 4 rings (SSSR count). The highest BCUT2D eigenvalue weighted by Crippen LogP contribution is 2.32. The van der Waals surface area contributed by atoms with Gasteiger partial charge in [0, 0.05) is 22.0 Å². The molecule has 1 aliphatic rings. The lowest BCUT2D eigenvalue weighted by atomic mass is 9.99. The molecule has 2 N–H and O–H groups in total. The van der Waals surface area contributed by atoms with E-state index in [-0.39, 0.29) is 24.8 Å². The number of nitrogens with zero attached hydrogens (tertiary/aromatic N) is 1. The number of rotatable bonds is 7. The fourth-order valence-electron chi connectivity index (χ4n) is 4.83. The summed E-state index contributed by atoms with van der Waals surface area (Å²) in [4.78, 5) is 1.07. The van der Waals surface area contributed by atoms with Crippen LogP contribution in [0, 0.1) is 11.8 Å². The fraction of sp³-hybridized carbons (Fsp3) is 0.429. The van der Waals surface area contributed by atoms with E-state index in [4.69, 9.17) is 9.47 Å². The van der Waals surface area contributed by atoms with Gasteiger partial charge in [-0.2, -0.15) is 13.2 Å². The minimum Gasteiger partial charge on any atom is -0.495 e. The van der Waals surface area contributed by atoms with Crippen LogP contribution in [0.1, 0.15) is 32.4 Å². The predicted octanol–water partition coefficient (Wildman–Crippen LogP) is 6.77. The van der Waals surface area contributed by atoms with Crippen molar-refractivity contribution in [1.82, 2.24) is 4.57 Å². The molecule has 1 unspecified atom stereocenters. The summed E-state index contributed by atoms with van der Waals surface area (Å²) in [5.74, 6) is 6.63. The zero-order valence-electron chi connectivity index (χ0n) is 21.4. The first-order chi connectivity index (χ1) is 17.7. The average molecular weight is 532 g/mol. The molecule has 1 saturated heterocycles. The van der Waals surface area contributed by atoms with Gasteiger partial charge in [-0.15, -0.1) is 11.8 Å². The first-order valence-corrected chi connectivity index (χ1v) is 13.4. The van der Waals surface area contributed by atoms with Crippen molar-refractivity contribution in [3.05, 3.63) is 48.2 Å². The number of hydrogen-bond acceptors (Lipinski definition) is 5. The van der Waals surface area contributed by atoms with Gasteiger partial charge in [-0.05, 0) is 75.3 Å². The smallest absolute Gasteiger partial charge is 0.406 e. The van der Waals surface area contributed by atoms with Crippen LogP contribution in [0.2, 0.25) is 0 Å². The van der Waals surface area contributed by atoms with Crippen LogP contribution < -0.4 is 15.4 Å². The third-order valence-electron chi connectivity index (χ3n) is 6.33. The molecule has 198 valence electrons. The van der Waals surface area contributed by atoms with Crippen LogP contribution in [0.4, 0.5) is 24.5 Å². The Morgan fingerprint density at radius 3 is 2.54 bits per heavy atom. The zero-order chi connectivity index (χ0) is 26.6. The first-order valence-electron chi connectivity index (χ1n) is 12.2. The molecule has 5 nitrogen and oxygen atoms in total.